The molecule has 2 rings (SSSR count). The van der Waals surface area contributed by atoms with Crippen LogP contribution in [0.25, 0.3) is 11.1 Å². The average molecular weight is 352 g/mol. The van der Waals surface area contributed by atoms with Crippen molar-refractivity contribution in [2.24, 2.45) is 0 Å². The molecule has 1 atom stereocenters. The zero-order valence-corrected chi connectivity index (χ0v) is 14.1. The minimum Gasteiger partial charge on any atom is -0.496 e. The lowest BCUT2D eigenvalue weighted by Crippen LogP contribution is -2.39. The molecule has 0 aliphatic rings. The minimum absolute atomic E-state index is 0.218. The largest absolute Gasteiger partial charge is 0.496 e. The third-order valence-corrected chi connectivity index (χ3v) is 4.25. The summed E-state index contributed by atoms with van der Waals surface area (Å²) in [4.78, 5) is 10.9. The van der Waals surface area contributed by atoms with Crippen LogP contribution in [0.3, 0.4) is 0 Å². The molecule has 0 saturated heterocycles. The molecule has 0 radical (unpaired) electrons. The van der Waals surface area contributed by atoms with E-state index in [9.17, 15) is 23.1 Å². The van der Waals surface area contributed by atoms with Gasteiger partial charge >= 0.3 is 6.18 Å². The molecule has 6 heteroatoms. The summed E-state index contributed by atoms with van der Waals surface area (Å²) in [5, 5.41) is 9.85. The highest BCUT2D eigenvalue weighted by Gasteiger charge is 2.51. The van der Waals surface area contributed by atoms with Crippen LogP contribution in [0.1, 0.15) is 35.3 Å². The number of carbonyl (C=O) groups excluding carboxylic acids is 1. The van der Waals surface area contributed by atoms with Gasteiger partial charge in [0.25, 0.3) is 0 Å². The molecule has 25 heavy (non-hydrogen) atoms. The van der Waals surface area contributed by atoms with Crippen LogP contribution in [0.15, 0.2) is 36.4 Å². The van der Waals surface area contributed by atoms with Gasteiger partial charge in [0.1, 0.15) is 12.0 Å². The quantitative estimate of drug-likeness (QED) is 0.806. The molecule has 0 amide bonds. The topological polar surface area (TPSA) is 46.5 Å². The third kappa shape index (κ3) is 3.54. The van der Waals surface area contributed by atoms with Crippen LogP contribution in [0, 0.1) is 0 Å². The van der Waals surface area contributed by atoms with E-state index in [0.29, 0.717) is 24.5 Å². The first-order valence-electron chi connectivity index (χ1n) is 7.71. The monoisotopic (exact) mass is 352 g/mol. The first-order valence-corrected chi connectivity index (χ1v) is 7.71. The first kappa shape index (κ1) is 19.0. The van der Waals surface area contributed by atoms with Gasteiger partial charge in [-0.1, -0.05) is 31.2 Å². The van der Waals surface area contributed by atoms with E-state index in [4.69, 9.17) is 4.74 Å². The molecule has 0 aromatic heterocycles. The molecule has 0 heterocycles. The van der Waals surface area contributed by atoms with Crippen LogP contribution in [-0.4, -0.2) is 24.7 Å². The summed E-state index contributed by atoms with van der Waals surface area (Å²) in [7, 11) is 1.36. The van der Waals surface area contributed by atoms with Gasteiger partial charge in [-0.25, -0.2) is 0 Å². The van der Waals surface area contributed by atoms with Crippen molar-refractivity contribution in [3.8, 4) is 16.9 Å². The van der Waals surface area contributed by atoms with Crippen LogP contribution in [0.5, 0.6) is 5.75 Å². The number of aliphatic hydroxyl groups is 1. The number of carbonyl (C=O) groups is 1. The number of hydrogen-bond acceptors (Lipinski definition) is 3. The molecule has 3 nitrogen and oxygen atoms in total. The van der Waals surface area contributed by atoms with E-state index >= 15 is 0 Å². The number of benzene rings is 2. The number of hydrogen-bond donors (Lipinski definition) is 1. The molecule has 1 N–H and O–H groups in total. The normalized spacial score (nSPS) is 14.0. The summed E-state index contributed by atoms with van der Waals surface area (Å²) in [6, 6.07) is 9.03. The molecule has 0 fully saturated rings. The van der Waals surface area contributed by atoms with Gasteiger partial charge < -0.3 is 9.84 Å². The SMILES string of the molecule is CCc1cc(C=O)ccc1-c1ccc(C(C)(O)C(F)(F)F)cc1OC. The standard InChI is InChI=1S/C19H19F3O3/c1-4-13-9-12(11-23)5-7-15(13)16-8-6-14(10-17(16)25-3)18(2,24)19(20,21)22/h5-11,24H,4H2,1-3H3. The molecule has 1 unspecified atom stereocenters. The Morgan fingerprint density at radius 1 is 1.12 bits per heavy atom. The van der Waals surface area contributed by atoms with Gasteiger partial charge in [-0.3, -0.25) is 4.79 Å². The Bertz CT molecular complexity index is 780. The van der Waals surface area contributed by atoms with Crippen LogP contribution >= 0.6 is 0 Å². The zero-order valence-electron chi connectivity index (χ0n) is 14.1. The van der Waals surface area contributed by atoms with Crippen LogP contribution in [0.2, 0.25) is 0 Å². The molecular formula is C19H19F3O3. The summed E-state index contributed by atoms with van der Waals surface area (Å²) >= 11 is 0. The second-order valence-electron chi connectivity index (χ2n) is 5.87. The van der Waals surface area contributed by atoms with Crippen molar-refractivity contribution in [1.29, 1.82) is 0 Å². The van der Waals surface area contributed by atoms with Gasteiger partial charge in [-0.2, -0.15) is 13.2 Å². The fourth-order valence-corrected chi connectivity index (χ4v) is 2.62. The van der Waals surface area contributed by atoms with E-state index in [-0.39, 0.29) is 11.3 Å². The lowest BCUT2D eigenvalue weighted by molar-refractivity contribution is -0.258. The Hall–Kier alpha value is -2.34. The van der Waals surface area contributed by atoms with Gasteiger partial charge in [0.2, 0.25) is 0 Å². The van der Waals surface area contributed by atoms with E-state index in [1.807, 2.05) is 6.92 Å². The molecular weight excluding hydrogens is 333 g/mol. The molecule has 0 saturated carbocycles. The second-order valence-corrected chi connectivity index (χ2v) is 5.87. The molecule has 0 aliphatic carbocycles. The predicted octanol–water partition coefficient (Wildman–Crippen LogP) is 4.51. The number of halogens is 3. The number of aldehydes is 1. The maximum absolute atomic E-state index is 13.1. The third-order valence-electron chi connectivity index (χ3n) is 4.25. The fraction of sp³-hybridized carbons (Fsp3) is 0.316. The second kappa shape index (κ2) is 6.88. The van der Waals surface area contributed by atoms with Gasteiger partial charge in [0.15, 0.2) is 5.60 Å². The van der Waals surface area contributed by atoms with Gasteiger partial charge in [-0.15, -0.1) is 0 Å². The first-order chi connectivity index (χ1) is 11.7. The number of methoxy groups -OCH3 is 1. The predicted molar refractivity (Wildman–Crippen MR) is 88.8 cm³/mol. The number of ether oxygens (including phenoxy) is 1. The minimum atomic E-state index is -4.81. The molecule has 0 spiro atoms. The van der Waals surface area contributed by atoms with Crippen LogP contribution in [0.4, 0.5) is 13.2 Å². The van der Waals surface area contributed by atoms with Crippen molar-refractivity contribution in [1.82, 2.24) is 0 Å². The van der Waals surface area contributed by atoms with E-state index in [1.54, 1.807) is 18.2 Å². The maximum Gasteiger partial charge on any atom is 0.421 e. The van der Waals surface area contributed by atoms with Crippen molar-refractivity contribution >= 4 is 6.29 Å². The zero-order chi connectivity index (χ0) is 18.8. The van der Waals surface area contributed by atoms with Gasteiger partial charge in [-0.05, 0) is 42.2 Å². The molecule has 2 aromatic carbocycles. The fourth-order valence-electron chi connectivity index (χ4n) is 2.62. The number of alkyl halides is 3. The molecule has 134 valence electrons. The highest BCUT2D eigenvalue weighted by Crippen LogP contribution is 2.42. The lowest BCUT2D eigenvalue weighted by atomic mass is 9.90. The Kier molecular flexibility index (Phi) is 5.23. The average Bonchev–Trinajstić information content (AvgIpc) is 2.59. The van der Waals surface area contributed by atoms with Crippen LogP contribution < -0.4 is 4.74 Å². The van der Waals surface area contributed by atoms with Crippen molar-refractivity contribution < 1.29 is 27.8 Å². The Morgan fingerprint density at radius 2 is 1.76 bits per heavy atom. The smallest absolute Gasteiger partial charge is 0.421 e. The maximum atomic E-state index is 13.1. The van der Waals surface area contributed by atoms with E-state index in [0.717, 1.165) is 17.4 Å². The summed E-state index contributed by atoms with van der Waals surface area (Å²) in [5.74, 6) is 0.218. The van der Waals surface area contributed by atoms with Crippen molar-refractivity contribution in [2.45, 2.75) is 32.0 Å². The summed E-state index contributed by atoms with van der Waals surface area (Å²) in [6.07, 6.45) is -3.42. The van der Waals surface area contributed by atoms with E-state index < -0.39 is 11.8 Å². The number of aryl methyl sites for hydroxylation is 1. The van der Waals surface area contributed by atoms with Crippen molar-refractivity contribution in [3.05, 3.63) is 53.1 Å². The Labute approximate surface area is 144 Å². The van der Waals surface area contributed by atoms with Gasteiger partial charge in [0, 0.05) is 11.1 Å². The Morgan fingerprint density at radius 3 is 2.28 bits per heavy atom. The Balaban J connectivity index is 2.60. The van der Waals surface area contributed by atoms with E-state index in [2.05, 4.69) is 0 Å². The molecule has 0 aliphatic heterocycles. The van der Waals surface area contributed by atoms with Crippen molar-refractivity contribution in [2.75, 3.05) is 7.11 Å². The molecule has 2 aromatic rings. The van der Waals surface area contributed by atoms with E-state index in [1.165, 1.54) is 25.3 Å². The van der Waals surface area contributed by atoms with Crippen molar-refractivity contribution in [3.63, 3.8) is 0 Å². The summed E-state index contributed by atoms with van der Waals surface area (Å²) in [6.45, 7) is 2.63. The molecule has 0 bridgehead atoms. The lowest BCUT2D eigenvalue weighted by Gasteiger charge is -2.27. The number of rotatable bonds is 5. The summed E-state index contributed by atoms with van der Waals surface area (Å²) in [5.41, 5.74) is -0.521. The highest BCUT2D eigenvalue weighted by atomic mass is 19.4. The summed E-state index contributed by atoms with van der Waals surface area (Å²) < 4.78 is 44.4. The van der Waals surface area contributed by atoms with Gasteiger partial charge in [0.05, 0.1) is 7.11 Å². The van der Waals surface area contributed by atoms with Crippen LogP contribution in [-0.2, 0) is 12.0 Å². The highest BCUT2D eigenvalue weighted by molar-refractivity contribution is 5.80.